The third-order valence-corrected chi connectivity index (χ3v) is 2.84. The lowest BCUT2D eigenvalue weighted by Gasteiger charge is -1.97. The van der Waals surface area contributed by atoms with Gasteiger partial charge in [-0.1, -0.05) is 0 Å². The normalized spacial score (nSPS) is 10.4. The molecule has 0 heterocycles. The highest BCUT2D eigenvalue weighted by atomic mass is 79.9. The number of aromatic hydroxyl groups is 1. The summed E-state index contributed by atoms with van der Waals surface area (Å²) in [5.74, 6) is 0.160. The van der Waals surface area contributed by atoms with Crippen molar-refractivity contribution in [3.8, 4) is 11.8 Å². The van der Waals surface area contributed by atoms with Crippen LogP contribution in [0.1, 0.15) is 5.56 Å². The Morgan fingerprint density at radius 3 is 2.22 bits per heavy atom. The molecule has 0 saturated carbocycles. The molecule has 4 nitrogen and oxygen atoms in total. The van der Waals surface area contributed by atoms with Gasteiger partial charge in [0.25, 0.3) is 0 Å². The first-order valence-corrected chi connectivity index (χ1v) is 5.89. The largest absolute Gasteiger partial charge is 0.507 e. The van der Waals surface area contributed by atoms with Crippen molar-refractivity contribution >= 4 is 27.3 Å². The minimum Gasteiger partial charge on any atom is -0.507 e. The quantitative estimate of drug-likeness (QED) is 0.833. The summed E-state index contributed by atoms with van der Waals surface area (Å²) in [4.78, 5) is 0. The van der Waals surface area contributed by atoms with Crippen molar-refractivity contribution in [2.45, 2.75) is 0 Å². The number of nitriles is 1. The fraction of sp³-hybridized carbons (Fsp3) is 0. The van der Waals surface area contributed by atoms with Crippen LogP contribution < -0.4 is 0 Å². The lowest BCUT2D eigenvalue weighted by atomic mass is 10.2. The van der Waals surface area contributed by atoms with Gasteiger partial charge < -0.3 is 5.11 Å². The Morgan fingerprint density at radius 1 is 1.00 bits per heavy atom. The van der Waals surface area contributed by atoms with Crippen LogP contribution in [-0.4, -0.2) is 5.11 Å². The van der Waals surface area contributed by atoms with Crippen LogP contribution in [-0.2, 0) is 0 Å². The third-order valence-electron chi connectivity index (χ3n) is 2.21. The van der Waals surface area contributed by atoms with Gasteiger partial charge in [-0.05, 0) is 58.4 Å². The summed E-state index contributed by atoms with van der Waals surface area (Å²) in [6.45, 7) is 0. The van der Waals surface area contributed by atoms with Gasteiger partial charge >= 0.3 is 0 Å². The second-order valence-electron chi connectivity index (χ2n) is 3.49. The van der Waals surface area contributed by atoms with E-state index in [9.17, 15) is 5.11 Å². The lowest BCUT2D eigenvalue weighted by molar-refractivity contribution is 0.472. The predicted octanol–water partition coefficient (Wildman–Crippen LogP) is 4.44. The molecule has 0 fully saturated rings. The van der Waals surface area contributed by atoms with Gasteiger partial charge in [0, 0.05) is 0 Å². The number of azo groups is 1. The molecule has 88 valence electrons. The monoisotopic (exact) mass is 301 g/mol. The molecule has 1 N–H and O–H groups in total. The van der Waals surface area contributed by atoms with Gasteiger partial charge in [0.1, 0.15) is 5.75 Å². The zero-order valence-electron chi connectivity index (χ0n) is 9.21. The van der Waals surface area contributed by atoms with Crippen LogP contribution in [0, 0.1) is 11.3 Å². The average molecular weight is 302 g/mol. The van der Waals surface area contributed by atoms with Crippen molar-refractivity contribution in [3.63, 3.8) is 0 Å². The first kappa shape index (κ1) is 12.3. The molecule has 0 atom stereocenters. The van der Waals surface area contributed by atoms with Gasteiger partial charge in [-0.3, -0.25) is 0 Å². The van der Waals surface area contributed by atoms with Gasteiger partial charge in [-0.2, -0.15) is 15.5 Å². The molecular weight excluding hydrogens is 294 g/mol. The molecule has 2 aromatic rings. The minimum atomic E-state index is 0.160. The molecule has 5 heteroatoms. The smallest absolute Gasteiger partial charge is 0.129 e. The number of phenols is 1. The topological polar surface area (TPSA) is 68.7 Å². The molecule has 0 aromatic heterocycles. The number of benzene rings is 2. The molecule has 0 aliphatic carbocycles. The second kappa shape index (κ2) is 5.43. The van der Waals surface area contributed by atoms with E-state index < -0.39 is 0 Å². The van der Waals surface area contributed by atoms with Crippen molar-refractivity contribution in [2.75, 3.05) is 0 Å². The molecule has 18 heavy (non-hydrogen) atoms. The molecule has 2 rings (SSSR count). The van der Waals surface area contributed by atoms with E-state index in [4.69, 9.17) is 5.26 Å². The molecule has 0 saturated heterocycles. The molecule has 0 spiro atoms. The Labute approximate surface area is 112 Å². The SMILES string of the molecule is N#Cc1ccc(N=Nc2ccc(O)c(Br)c2)cc1. The van der Waals surface area contributed by atoms with E-state index in [0.717, 1.165) is 0 Å². The van der Waals surface area contributed by atoms with Crippen molar-refractivity contribution < 1.29 is 5.11 Å². The number of nitrogens with zero attached hydrogens (tertiary/aromatic N) is 3. The van der Waals surface area contributed by atoms with Crippen LogP contribution in [0.5, 0.6) is 5.75 Å². The maximum absolute atomic E-state index is 9.34. The Hall–Kier alpha value is -2.19. The average Bonchev–Trinajstić information content (AvgIpc) is 2.41. The number of hydrogen-bond acceptors (Lipinski definition) is 4. The Balaban J connectivity index is 2.19. The minimum absolute atomic E-state index is 0.160. The Bertz CT molecular complexity index is 630. The molecule has 0 amide bonds. The number of hydrogen-bond donors (Lipinski definition) is 1. The number of phenolic OH excluding ortho intramolecular Hbond substituents is 1. The summed E-state index contributed by atoms with van der Waals surface area (Å²) in [6, 6.07) is 13.7. The van der Waals surface area contributed by atoms with E-state index in [1.807, 2.05) is 6.07 Å². The Kier molecular flexibility index (Phi) is 3.70. The summed E-state index contributed by atoms with van der Waals surface area (Å²) >= 11 is 3.20. The number of halogens is 1. The molecule has 2 aromatic carbocycles. The number of rotatable bonds is 2. The van der Waals surface area contributed by atoms with Gasteiger partial charge in [-0.15, -0.1) is 0 Å². The van der Waals surface area contributed by atoms with Crippen LogP contribution in [0.2, 0.25) is 0 Å². The van der Waals surface area contributed by atoms with E-state index in [0.29, 0.717) is 21.4 Å². The summed E-state index contributed by atoms with van der Waals surface area (Å²) in [7, 11) is 0. The molecule has 0 radical (unpaired) electrons. The first-order chi connectivity index (χ1) is 8.69. The fourth-order valence-corrected chi connectivity index (χ4v) is 1.64. The van der Waals surface area contributed by atoms with E-state index in [2.05, 4.69) is 26.2 Å². The van der Waals surface area contributed by atoms with E-state index >= 15 is 0 Å². The van der Waals surface area contributed by atoms with Crippen molar-refractivity contribution in [3.05, 3.63) is 52.5 Å². The second-order valence-corrected chi connectivity index (χ2v) is 4.35. The summed E-state index contributed by atoms with van der Waals surface area (Å²) in [5, 5.41) is 26.1. The van der Waals surface area contributed by atoms with Crippen LogP contribution in [0.4, 0.5) is 11.4 Å². The van der Waals surface area contributed by atoms with E-state index in [1.54, 1.807) is 36.4 Å². The molecule has 0 bridgehead atoms. The zero-order chi connectivity index (χ0) is 13.0. The highest BCUT2D eigenvalue weighted by molar-refractivity contribution is 9.10. The summed E-state index contributed by atoms with van der Waals surface area (Å²) < 4.78 is 0.568. The highest BCUT2D eigenvalue weighted by Gasteiger charge is 1.98. The first-order valence-electron chi connectivity index (χ1n) is 5.09. The van der Waals surface area contributed by atoms with Crippen molar-refractivity contribution in [2.24, 2.45) is 10.2 Å². The lowest BCUT2D eigenvalue weighted by Crippen LogP contribution is -1.71. The zero-order valence-corrected chi connectivity index (χ0v) is 10.8. The standard InChI is InChI=1S/C13H8BrN3O/c14-12-7-11(5-6-13(12)18)17-16-10-3-1-9(8-15)2-4-10/h1-7,18H. The van der Waals surface area contributed by atoms with E-state index in [1.165, 1.54) is 6.07 Å². The van der Waals surface area contributed by atoms with Crippen molar-refractivity contribution in [1.29, 1.82) is 5.26 Å². The van der Waals surface area contributed by atoms with Crippen LogP contribution in [0.15, 0.2) is 57.2 Å². The van der Waals surface area contributed by atoms with Gasteiger partial charge in [0.2, 0.25) is 0 Å². The van der Waals surface area contributed by atoms with Crippen molar-refractivity contribution in [1.82, 2.24) is 0 Å². The molecule has 0 unspecified atom stereocenters. The van der Waals surface area contributed by atoms with Crippen LogP contribution in [0.25, 0.3) is 0 Å². The maximum Gasteiger partial charge on any atom is 0.129 e. The highest BCUT2D eigenvalue weighted by Crippen LogP contribution is 2.29. The van der Waals surface area contributed by atoms with Gasteiger partial charge in [0.15, 0.2) is 0 Å². The summed E-state index contributed by atoms with van der Waals surface area (Å²) in [5.41, 5.74) is 1.88. The molecule has 0 aliphatic rings. The third kappa shape index (κ3) is 2.93. The van der Waals surface area contributed by atoms with Crippen LogP contribution >= 0.6 is 15.9 Å². The predicted molar refractivity (Wildman–Crippen MR) is 71.1 cm³/mol. The molecular formula is C13H8BrN3O. The van der Waals surface area contributed by atoms with Gasteiger partial charge in [0.05, 0.1) is 27.5 Å². The Morgan fingerprint density at radius 2 is 1.61 bits per heavy atom. The maximum atomic E-state index is 9.34. The van der Waals surface area contributed by atoms with E-state index in [-0.39, 0.29) is 5.75 Å². The molecule has 0 aliphatic heterocycles. The fourth-order valence-electron chi connectivity index (χ4n) is 1.28. The van der Waals surface area contributed by atoms with Crippen LogP contribution in [0.3, 0.4) is 0 Å². The summed E-state index contributed by atoms with van der Waals surface area (Å²) in [6.07, 6.45) is 0. The van der Waals surface area contributed by atoms with Gasteiger partial charge in [-0.25, -0.2) is 0 Å².